The van der Waals surface area contributed by atoms with E-state index in [1.54, 1.807) is 6.07 Å². The van der Waals surface area contributed by atoms with Crippen molar-refractivity contribution < 1.29 is 9.13 Å². The van der Waals surface area contributed by atoms with Crippen LogP contribution in [0.3, 0.4) is 0 Å². The molecule has 0 amide bonds. The number of anilines is 1. The monoisotopic (exact) mass is 305 g/mol. The molecule has 21 heavy (non-hydrogen) atoms. The Labute approximate surface area is 128 Å². The number of nitrogens with one attached hydrogen (secondary N) is 1. The third-order valence-electron chi connectivity index (χ3n) is 4.00. The molecule has 1 aliphatic rings. The van der Waals surface area contributed by atoms with Gasteiger partial charge in [0.15, 0.2) is 11.6 Å². The van der Waals surface area contributed by atoms with Gasteiger partial charge in [0, 0.05) is 22.8 Å². The van der Waals surface area contributed by atoms with Crippen LogP contribution in [0.4, 0.5) is 10.1 Å². The maximum absolute atomic E-state index is 13.6. The SMILES string of the molecule is COc1ccc(NC2CC(c3ccc(Cl)cc3)C2)cc1F. The number of hydrogen-bond acceptors (Lipinski definition) is 2. The van der Waals surface area contributed by atoms with Crippen LogP contribution in [0.1, 0.15) is 24.3 Å². The second kappa shape index (κ2) is 5.94. The van der Waals surface area contributed by atoms with E-state index in [2.05, 4.69) is 17.4 Å². The number of hydrogen-bond donors (Lipinski definition) is 1. The second-order valence-corrected chi connectivity index (χ2v) is 5.85. The molecule has 0 aliphatic heterocycles. The molecule has 2 nitrogen and oxygen atoms in total. The van der Waals surface area contributed by atoms with Gasteiger partial charge in [0.1, 0.15) is 0 Å². The van der Waals surface area contributed by atoms with Crippen LogP contribution in [-0.4, -0.2) is 13.2 Å². The quantitative estimate of drug-likeness (QED) is 0.872. The summed E-state index contributed by atoms with van der Waals surface area (Å²) in [6.07, 6.45) is 2.10. The molecule has 0 unspecified atom stereocenters. The van der Waals surface area contributed by atoms with Crippen LogP contribution in [0, 0.1) is 5.82 Å². The first-order valence-corrected chi connectivity index (χ1v) is 7.39. The summed E-state index contributed by atoms with van der Waals surface area (Å²) in [4.78, 5) is 0. The Morgan fingerprint density at radius 3 is 2.48 bits per heavy atom. The second-order valence-electron chi connectivity index (χ2n) is 5.41. The molecule has 0 atom stereocenters. The normalized spacial score (nSPS) is 20.7. The van der Waals surface area contributed by atoms with Gasteiger partial charge < -0.3 is 10.1 Å². The van der Waals surface area contributed by atoms with Gasteiger partial charge in [-0.3, -0.25) is 0 Å². The fourth-order valence-corrected chi connectivity index (χ4v) is 2.86. The maximum Gasteiger partial charge on any atom is 0.167 e. The summed E-state index contributed by atoms with van der Waals surface area (Å²) in [6.45, 7) is 0. The molecule has 4 heteroatoms. The van der Waals surface area contributed by atoms with Crippen LogP contribution >= 0.6 is 11.6 Å². The summed E-state index contributed by atoms with van der Waals surface area (Å²) in [5.41, 5.74) is 2.12. The van der Waals surface area contributed by atoms with Crippen molar-refractivity contribution in [1.82, 2.24) is 0 Å². The number of rotatable bonds is 4. The Morgan fingerprint density at radius 2 is 1.86 bits per heavy atom. The highest BCUT2D eigenvalue weighted by Gasteiger charge is 2.30. The predicted molar refractivity (Wildman–Crippen MR) is 83.8 cm³/mol. The molecule has 1 N–H and O–H groups in total. The van der Waals surface area contributed by atoms with Crippen LogP contribution in [0.2, 0.25) is 5.02 Å². The van der Waals surface area contributed by atoms with E-state index in [1.165, 1.54) is 18.7 Å². The van der Waals surface area contributed by atoms with Crippen LogP contribution in [-0.2, 0) is 0 Å². The van der Waals surface area contributed by atoms with Crippen LogP contribution in [0.5, 0.6) is 5.75 Å². The summed E-state index contributed by atoms with van der Waals surface area (Å²) in [5, 5.41) is 4.13. The average molecular weight is 306 g/mol. The summed E-state index contributed by atoms with van der Waals surface area (Å²) in [6, 6.07) is 13.4. The van der Waals surface area contributed by atoms with Gasteiger partial charge in [-0.1, -0.05) is 23.7 Å². The third kappa shape index (κ3) is 3.13. The maximum atomic E-state index is 13.6. The molecule has 0 aromatic heterocycles. The highest BCUT2D eigenvalue weighted by Crippen LogP contribution is 2.39. The van der Waals surface area contributed by atoms with Gasteiger partial charge in [-0.2, -0.15) is 0 Å². The zero-order valence-corrected chi connectivity index (χ0v) is 12.5. The van der Waals surface area contributed by atoms with Gasteiger partial charge in [-0.05, 0) is 48.6 Å². The molecule has 0 spiro atoms. The Bertz CT molecular complexity index is 623. The third-order valence-corrected chi connectivity index (χ3v) is 4.25. The van der Waals surface area contributed by atoms with E-state index in [4.69, 9.17) is 16.3 Å². The van der Waals surface area contributed by atoms with Crippen LogP contribution < -0.4 is 10.1 Å². The van der Waals surface area contributed by atoms with Gasteiger partial charge in [-0.25, -0.2) is 4.39 Å². The van der Waals surface area contributed by atoms with Crippen LogP contribution in [0.25, 0.3) is 0 Å². The number of methoxy groups -OCH3 is 1. The fourth-order valence-electron chi connectivity index (χ4n) is 2.73. The summed E-state index contributed by atoms with van der Waals surface area (Å²) in [7, 11) is 1.47. The van der Waals surface area contributed by atoms with Crippen LogP contribution in [0.15, 0.2) is 42.5 Å². The van der Waals surface area contributed by atoms with Crippen molar-refractivity contribution in [2.45, 2.75) is 24.8 Å². The van der Waals surface area contributed by atoms with Gasteiger partial charge in [0.2, 0.25) is 0 Å². The van der Waals surface area contributed by atoms with Gasteiger partial charge in [-0.15, -0.1) is 0 Å². The Balaban J connectivity index is 1.57. The molecule has 0 bridgehead atoms. The molecule has 2 aromatic carbocycles. The van der Waals surface area contributed by atoms with E-state index < -0.39 is 0 Å². The summed E-state index contributed by atoms with van der Waals surface area (Å²) in [5.74, 6) is 0.493. The van der Waals surface area contributed by atoms with Crippen molar-refractivity contribution in [3.8, 4) is 5.75 Å². The molecule has 0 saturated heterocycles. The van der Waals surface area contributed by atoms with Gasteiger partial charge in [0.05, 0.1) is 7.11 Å². The van der Waals surface area contributed by atoms with E-state index >= 15 is 0 Å². The lowest BCUT2D eigenvalue weighted by atomic mass is 9.76. The molecular formula is C17H17ClFNO. The smallest absolute Gasteiger partial charge is 0.167 e. The van der Waals surface area contributed by atoms with E-state index in [0.717, 1.165) is 23.6 Å². The molecule has 0 heterocycles. The largest absolute Gasteiger partial charge is 0.494 e. The summed E-state index contributed by atoms with van der Waals surface area (Å²) < 4.78 is 18.5. The topological polar surface area (TPSA) is 21.3 Å². The van der Waals surface area contributed by atoms with Crippen molar-refractivity contribution >= 4 is 17.3 Å². The molecule has 1 saturated carbocycles. The first-order valence-electron chi connectivity index (χ1n) is 7.01. The molecule has 3 rings (SSSR count). The molecule has 0 radical (unpaired) electrons. The number of benzene rings is 2. The zero-order chi connectivity index (χ0) is 14.8. The Hall–Kier alpha value is -1.74. The highest BCUT2D eigenvalue weighted by molar-refractivity contribution is 6.30. The van der Waals surface area contributed by atoms with Gasteiger partial charge >= 0.3 is 0 Å². The van der Waals surface area contributed by atoms with E-state index in [9.17, 15) is 4.39 Å². The molecule has 2 aromatic rings. The van der Waals surface area contributed by atoms with Crippen molar-refractivity contribution in [3.05, 3.63) is 58.9 Å². The van der Waals surface area contributed by atoms with Crippen molar-refractivity contribution in [3.63, 3.8) is 0 Å². The molecule has 1 aliphatic carbocycles. The first kappa shape index (κ1) is 14.2. The predicted octanol–water partition coefficient (Wildman–Crippen LogP) is 4.85. The van der Waals surface area contributed by atoms with Crippen molar-refractivity contribution in [2.75, 3.05) is 12.4 Å². The fraction of sp³-hybridized carbons (Fsp3) is 0.294. The lowest BCUT2D eigenvalue weighted by Gasteiger charge is -2.37. The Morgan fingerprint density at radius 1 is 1.14 bits per heavy atom. The van der Waals surface area contributed by atoms with E-state index in [-0.39, 0.29) is 11.6 Å². The summed E-state index contributed by atoms with van der Waals surface area (Å²) >= 11 is 5.89. The lowest BCUT2D eigenvalue weighted by Crippen LogP contribution is -2.33. The minimum atomic E-state index is -0.337. The Kier molecular flexibility index (Phi) is 4.02. The average Bonchev–Trinajstić information content (AvgIpc) is 2.44. The molecule has 1 fully saturated rings. The lowest BCUT2D eigenvalue weighted by molar-refractivity contribution is 0.373. The molecular weight excluding hydrogens is 289 g/mol. The minimum Gasteiger partial charge on any atom is -0.494 e. The first-order chi connectivity index (χ1) is 10.2. The standard InChI is InChI=1S/C17H17ClFNO/c1-21-17-7-6-14(10-16(17)19)20-15-8-12(9-15)11-2-4-13(18)5-3-11/h2-7,10,12,15,20H,8-9H2,1H3. The zero-order valence-electron chi connectivity index (χ0n) is 11.8. The van der Waals surface area contributed by atoms with E-state index in [0.29, 0.717) is 12.0 Å². The van der Waals surface area contributed by atoms with Crippen molar-refractivity contribution in [1.29, 1.82) is 0 Å². The number of ether oxygens (including phenoxy) is 1. The highest BCUT2D eigenvalue weighted by atomic mass is 35.5. The molecule has 110 valence electrons. The van der Waals surface area contributed by atoms with Crippen molar-refractivity contribution in [2.24, 2.45) is 0 Å². The number of halogens is 2. The van der Waals surface area contributed by atoms with Gasteiger partial charge in [0.25, 0.3) is 0 Å². The minimum absolute atomic E-state index is 0.271. The van der Waals surface area contributed by atoms with E-state index in [1.807, 2.05) is 18.2 Å².